The first kappa shape index (κ1) is 11.2. The zero-order valence-corrected chi connectivity index (χ0v) is 10.4. The zero-order chi connectivity index (χ0) is 11.8. The molecular weight excluding hydrogens is 248 g/mol. The van der Waals surface area contributed by atoms with Crippen molar-refractivity contribution in [3.8, 4) is 0 Å². The van der Waals surface area contributed by atoms with Gasteiger partial charge in [-0.3, -0.25) is 4.72 Å². The van der Waals surface area contributed by atoms with Gasteiger partial charge in [0.05, 0.1) is 0 Å². The summed E-state index contributed by atoms with van der Waals surface area (Å²) in [5, 5.41) is 5.39. The standard InChI is InChI=1S/C9H10N2O3S2/c1-6-9(7(2)14-10-6)11-16(12,13)8-4-3-5-15-8/h3-5,11H,1-2H3. The summed E-state index contributed by atoms with van der Waals surface area (Å²) in [5.74, 6) is 0.456. The van der Waals surface area contributed by atoms with Crippen molar-refractivity contribution in [3.63, 3.8) is 0 Å². The van der Waals surface area contributed by atoms with Crippen LogP contribution in [0.3, 0.4) is 0 Å². The highest BCUT2D eigenvalue weighted by molar-refractivity contribution is 7.94. The van der Waals surface area contributed by atoms with Crippen LogP contribution in [0.2, 0.25) is 0 Å². The molecule has 0 saturated carbocycles. The molecule has 0 fully saturated rings. The highest BCUT2D eigenvalue weighted by Gasteiger charge is 2.19. The molecule has 2 rings (SSSR count). The van der Waals surface area contributed by atoms with E-state index in [-0.39, 0.29) is 4.21 Å². The average Bonchev–Trinajstić information content (AvgIpc) is 2.83. The molecule has 0 amide bonds. The smallest absolute Gasteiger partial charge is 0.271 e. The van der Waals surface area contributed by atoms with Gasteiger partial charge in [0.1, 0.15) is 15.6 Å². The number of hydrogen-bond donors (Lipinski definition) is 1. The van der Waals surface area contributed by atoms with E-state index in [1.54, 1.807) is 31.4 Å². The number of anilines is 1. The molecule has 0 bridgehead atoms. The lowest BCUT2D eigenvalue weighted by atomic mass is 10.3. The molecule has 5 nitrogen and oxygen atoms in total. The summed E-state index contributed by atoms with van der Waals surface area (Å²) in [7, 11) is -3.52. The fourth-order valence-corrected chi connectivity index (χ4v) is 3.40. The Morgan fingerprint density at radius 3 is 2.69 bits per heavy atom. The molecule has 2 aromatic heterocycles. The molecule has 16 heavy (non-hydrogen) atoms. The lowest BCUT2D eigenvalue weighted by Crippen LogP contribution is -2.12. The molecule has 2 heterocycles. The Morgan fingerprint density at radius 2 is 2.19 bits per heavy atom. The van der Waals surface area contributed by atoms with Gasteiger partial charge in [0.25, 0.3) is 10.0 Å². The van der Waals surface area contributed by atoms with Crippen LogP contribution in [0.4, 0.5) is 5.69 Å². The Hall–Kier alpha value is -1.34. The van der Waals surface area contributed by atoms with Gasteiger partial charge in [-0.05, 0) is 25.3 Å². The van der Waals surface area contributed by atoms with Crippen LogP contribution in [0.1, 0.15) is 11.5 Å². The monoisotopic (exact) mass is 258 g/mol. The van der Waals surface area contributed by atoms with Crippen LogP contribution in [0.15, 0.2) is 26.2 Å². The molecule has 7 heteroatoms. The third-order valence-electron chi connectivity index (χ3n) is 2.03. The van der Waals surface area contributed by atoms with Crippen molar-refractivity contribution >= 4 is 27.0 Å². The Morgan fingerprint density at radius 1 is 1.44 bits per heavy atom. The summed E-state index contributed by atoms with van der Waals surface area (Å²) in [6.07, 6.45) is 0. The minimum Gasteiger partial charge on any atom is -0.359 e. The van der Waals surface area contributed by atoms with E-state index < -0.39 is 10.0 Å². The number of sulfonamides is 1. The van der Waals surface area contributed by atoms with Crippen molar-refractivity contribution in [2.24, 2.45) is 0 Å². The van der Waals surface area contributed by atoms with Gasteiger partial charge in [0, 0.05) is 0 Å². The van der Waals surface area contributed by atoms with E-state index in [2.05, 4.69) is 9.88 Å². The van der Waals surface area contributed by atoms with Gasteiger partial charge in [-0.15, -0.1) is 11.3 Å². The number of aryl methyl sites for hydroxylation is 2. The van der Waals surface area contributed by atoms with Gasteiger partial charge in [-0.25, -0.2) is 8.42 Å². The Kier molecular flexibility index (Phi) is 2.73. The summed E-state index contributed by atoms with van der Waals surface area (Å²) >= 11 is 1.16. The molecule has 0 spiro atoms. The molecule has 1 N–H and O–H groups in total. The second-order valence-electron chi connectivity index (χ2n) is 3.24. The number of nitrogens with one attached hydrogen (secondary N) is 1. The maximum atomic E-state index is 11.9. The van der Waals surface area contributed by atoms with Crippen LogP contribution < -0.4 is 4.72 Å². The molecule has 0 unspecified atom stereocenters. The average molecular weight is 258 g/mol. The first-order valence-corrected chi connectivity index (χ1v) is 6.86. The van der Waals surface area contributed by atoms with Crippen LogP contribution in [-0.2, 0) is 10.0 Å². The quantitative estimate of drug-likeness (QED) is 0.915. The van der Waals surface area contributed by atoms with Crippen molar-refractivity contribution in [2.75, 3.05) is 4.72 Å². The van der Waals surface area contributed by atoms with E-state index in [1.165, 1.54) is 0 Å². The number of aromatic nitrogens is 1. The summed E-state index contributed by atoms with van der Waals surface area (Å²) in [6, 6.07) is 3.23. The maximum Gasteiger partial charge on any atom is 0.271 e. The van der Waals surface area contributed by atoms with Crippen LogP contribution in [0.25, 0.3) is 0 Å². The van der Waals surface area contributed by atoms with E-state index >= 15 is 0 Å². The molecule has 0 saturated heterocycles. The minimum atomic E-state index is -3.52. The van der Waals surface area contributed by atoms with E-state index in [4.69, 9.17) is 4.52 Å². The summed E-state index contributed by atoms with van der Waals surface area (Å²) < 4.78 is 31.4. The highest BCUT2D eigenvalue weighted by Crippen LogP contribution is 2.24. The topological polar surface area (TPSA) is 72.2 Å². The lowest BCUT2D eigenvalue weighted by Gasteiger charge is -2.04. The fourth-order valence-electron chi connectivity index (χ4n) is 1.23. The SMILES string of the molecule is Cc1noc(C)c1NS(=O)(=O)c1cccs1. The van der Waals surface area contributed by atoms with Gasteiger partial charge in [-0.1, -0.05) is 11.2 Å². The molecule has 0 radical (unpaired) electrons. The first-order valence-electron chi connectivity index (χ1n) is 4.50. The van der Waals surface area contributed by atoms with Gasteiger partial charge >= 0.3 is 0 Å². The highest BCUT2D eigenvalue weighted by atomic mass is 32.2. The first-order chi connectivity index (χ1) is 7.50. The Labute approximate surface area is 97.1 Å². The molecule has 0 aliphatic rings. The summed E-state index contributed by atoms with van der Waals surface area (Å²) in [4.78, 5) is 0. The van der Waals surface area contributed by atoms with E-state index in [1.807, 2.05) is 0 Å². The number of thiophene rings is 1. The minimum absolute atomic E-state index is 0.271. The molecule has 2 aromatic rings. The molecule has 0 aliphatic heterocycles. The van der Waals surface area contributed by atoms with Crippen LogP contribution in [0.5, 0.6) is 0 Å². The van der Waals surface area contributed by atoms with Crippen molar-refractivity contribution < 1.29 is 12.9 Å². The van der Waals surface area contributed by atoms with E-state index in [9.17, 15) is 8.42 Å². The summed E-state index contributed by atoms with van der Waals surface area (Å²) in [6.45, 7) is 3.34. The number of hydrogen-bond acceptors (Lipinski definition) is 5. The van der Waals surface area contributed by atoms with Crippen molar-refractivity contribution in [1.82, 2.24) is 5.16 Å². The van der Waals surface area contributed by atoms with Gasteiger partial charge in [0.15, 0.2) is 5.76 Å². The number of rotatable bonds is 3. The van der Waals surface area contributed by atoms with Crippen LogP contribution in [-0.4, -0.2) is 13.6 Å². The third kappa shape index (κ3) is 1.96. The van der Waals surface area contributed by atoms with E-state index in [0.29, 0.717) is 17.1 Å². The Balaban J connectivity index is 2.36. The predicted octanol–water partition coefficient (Wildman–Crippen LogP) is 2.15. The largest absolute Gasteiger partial charge is 0.359 e. The number of nitrogens with zero attached hydrogens (tertiary/aromatic N) is 1. The van der Waals surface area contributed by atoms with Crippen molar-refractivity contribution in [3.05, 3.63) is 29.0 Å². The van der Waals surface area contributed by atoms with Gasteiger partial charge in [-0.2, -0.15) is 0 Å². The van der Waals surface area contributed by atoms with Gasteiger partial charge < -0.3 is 4.52 Å². The molecule has 0 atom stereocenters. The fraction of sp³-hybridized carbons (Fsp3) is 0.222. The predicted molar refractivity (Wildman–Crippen MR) is 61.1 cm³/mol. The van der Waals surface area contributed by atoms with E-state index in [0.717, 1.165) is 11.3 Å². The molecule has 86 valence electrons. The molecular formula is C9H10N2O3S2. The van der Waals surface area contributed by atoms with Crippen molar-refractivity contribution in [1.29, 1.82) is 0 Å². The van der Waals surface area contributed by atoms with Crippen LogP contribution in [0, 0.1) is 13.8 Å². The van der Waals surface area contributed by atoms with Gasteiger partial charge in [0.2, 0.25) is 0 Å². The zero-order valence-electron chi connectivity index (χ0n) is 8.72. The van der Waals surface area contributed by atoms with Crippen molar-refractivity contribution in [2.45, 2.75) is 18.1 Å². The molecule has 0 aromatic carbocycles. The van der Waals surface area contributed by atoms with Crippen LogP contribution >= 0.6 is 11.3 Å². The normalized spacial score (nSPS) is 11.6. The second-order valence-corrected chi connectivity index (χ2v) is 6.09. The second kappa shape index (κ2) is 3.91. The Bertz CT molecular complexity index is 565. The molecule has 0 aliphatic carbocycles. The maximum absolute atomic E-state index is 11.9. The third-order valence-corrected chi connectivity index (χ3v) is 4.78. The summed E-state index contributed by atoms with van der Waals surface area (Å²) in [5.41, 5.74) is 0.936. The lowest BCUT2D eigenvalue weighted by molar-refractivity contribution is 0.393.